The summed E-state index contributed by atoms with van der Waals surface area (Å²) in [6, 6.07) is 14.4. The van der Waals surface area contributed by atoms with Crippen LogP contribution in [0.5, 0.6) is 5.75 Å². The topological polar surface area (TPSA) is 84.4 Å². The lowest BCUT2D eigenvalue weighted by atomic mass is 10.1. The minimum atomic E-state index is -0.330. The number of benzene rings is 2. The van der Waals surface area contributed by atoms with E-state index in [1.807, 2.05) is 24.3 Å². The highest BCUT2D eigenvalue weighted by Crippen LogP contribution is 2.27. The standard InChI is InChI=1S/C22H22N4O3/c1-15(27)16-7-6-8-17(13-16)29-14-20(28)25-21-22(26-11-4-5-12-26)24-19-10-3-2-9-18(19)23-21/h2-3,6-10,13H,4-5,11-12,14H2,1H3,(H,23,25,28). The number of rotatable bonds is 6. The average molecular weight is 390 g/mol. The van der Waals surface area contributed by atoms with Crippen LogP contribution in [0.3, 0.4) is 0 Å². The predicted molar refractivity (Wildman–Crippen MR) is 112 cm³/mol. The average Bonchev–Trinajstić information content (AvgIpc) is 3.26. The van der Waals surface area contributed by atoms with Crippen molar-refractivity contribution in [1.29, 1.82) is 0 Å². The van der Waals surface area contributed by atoms with Crippen LogP contribution in [0.15, 0.2) is 48.5 Å². The van der Waals surface area contributed by atoms with E-state index in [0.29, 0.717) is 22.9 Å². The van der Waals surface area contributed by atoms with E-state index in [1.165, 1.54) is 6.92 Å². The maximum absolute atomic E-state index is 12.5. The number of amides is 1. The van der Waals surface area contributed by atoms with Crippen molar-refractivity contribution in [1.82, 2.24) is 9.97 Å². The molecule has 148 valence electrons. The van der Waals surface area contributed by atoms with Gasteiger partial charge >= 0.3 is 0 Å². The number of ether oxygens (including phenoxy) is 1. The van der Waals surface area contributed by atoms with E-state index in [2.05, 4.69) is 15.2 Å². The second-order valence-electron chi connectivity index (χ2n) is 7.00. The van der Waals surface area contributed by atoms with Gasteiger partial charge in [0.15, 0.2) is 24.0 Å². The van der Waals surface area contributed by atoms with E-state index in [9.17, 15) is 9.59 Å². The molecule has 3 aromatic rings. The molecular weight excluding hydrogens is 368 g/mol. The van der Waals surface area contributed by atoms with E-state index in [-0.39, 0.29) is 18.3 Å². The monoisotopic (exact) mass is 390 g/mol. The molecule has 0 spiro atoms. The van der Waals surface area contributed by atoms with Gasteiger partial charge in [0, 0.05) is 18.7 Å². The lowest BCUT2D eigenvalue weighted by Gasteiger charge is -2.20. The first-order chi connectivity index (χ1) is 14.1. The van der Waals surface area contributed by atoms with Crippen molar-refractivity contribution >= 4 is 34.4 Å². The van der Waals surface area contributed by atoms with Crippen LogP contribution in [0.25, 0.3) is 11.0 Å². The van der Waals surface area contributed by atoms with Gasteiger partial charge < -0.3 is 15.0 Å². The van der Waals surface area contributed by atoms with E-state index >= 15 is 0 Å². The molecule has 2 heterocycles. The third kappa shape index (κ3) is 4.34. The van der Waals surface area contributed by atoms with Crippen molar-refractivity contribution in [3.63, 3.8) is 0 Å². The second-order valence-corrected chi connectivity index (χ2v) is 7.00. The van der Waals surface area contributed by atoms with Crippen LogP contribution in [0.4, 0.5) is 11.6 Å². The summed E-state index contributed by atoms with van der Waals surface area (Å²) in [6.07, 6.45) is 2.19. The van der Waals surface area contributed by atoms with Crippen molar-refractivity contribution < 1.29 is 14.3 Å². The number of fused-ring (bicyclic) bond motifs is 1. The fourth-order valence-electron chi connectivity index (χ4n) is 3.35. The fraction of sp³-hybridized carbons (Fsp3) is 0.273. The number of carbonyl (C=O) groups excluding carboxylic acids is 2. The molecule has 1 N–H and O–H groups in total. The first-order valence-electron chi connectivity index (χ1n) is 9.65. The Labute approximate surface area is 168 Å². The smallest absolute Gasteiger partial charge is 0.263 e. The molecule has 0 saturated carbocycles. The molecule has 1 fully saturated rings. The molecule has 1 aromatic heterocycles. The molecule has 0 aliphatic carbocycles. The quantitative estimate of drug-likeness (QED) is 0.649. The molecule has 0 bridgehead atoms. The Hall–Kier alpha value is -3.48. The highest BCUT2D eigenvalue weighted by atomic mass is 16.5. The number of hydrogen-bond donors (Lipinski definition) is 1. The van der Waals surface area contributed by atoms with Crippen LogP contribution in [0.1, 0.15) is 30.1 Å². The molecule has 2 aromatic carbocycles. The largest absolute Gasteiger partial charge is 0.484 e. The molecule has 4 rings (SSSR count). The van der Waals surface area contributed by atoms with E-state index in [1.54, 1.807) is 24.3 Å². The number of Topliss-reactive ketones (excluding diaryl/α,β-unsaturated/α-hetero) is 1. The summed E-state index contributed by atoms with van der Waals surface area (Å²) in [4.78, 5) is 35.5. The molecule has 1 aliphatic rings. The second kappa shape index (κ2) is 8.26. The van der Waals surface area contributed by atoms with Gasteiger partial charge in [-0.1, -0.05) is 24.3 Å². The van der Waals surface area contributed by atoms with Crippen molar-refractivity contribution in [3.05, 3.63) is 54.1 Å². The highest BCUT2D eigenvalue weighted by molar-refractivity contribution is 5.96. The minimum Gasteiger partial charge on any atom is -0.484 e. The van der Waals surface area contributed by atoms with Gasteiger partial charge in [0.05, 0.1) is 11.0 Å². The lowest BCUT2D eigenvalue weighted by molar-refractivity contribution is -0.118. The van der Waals surface area contributed by atoms with Crippen molar-refractivity contribution in [2.75, 3.05) is 29.9 Å². The summed E-state index contributed by atoms with van der Waals surface area (Å²) >= 11 is 0. The van der Waals surface area contributed by atoms with Gasteiger partial charge in [-0.25, -0.2) is 9.97 Å². The third-order valence-electron chi connectivity index (χ3n) is 4.83. The molecule has 1 amide bonds. The maximum Gasteiger partial charge on any atom is 0.263 e. The maximum atomic E-state index is 12.5. The van der Waals surface area contributed by atoms with E-state index < -0.39 is 0 Å². The van der Waals surface area contributed by atoms with Crippen LogP contribution in [0.2, 0.25) is 0 Å². The SMILES string of the molecule is CC(=O)c1cccc(OCC(=O)Nc2nc3ccccc3nc2N2CCCC2)c1. The van der Waals surface area contributed by atoms with E-state index in [0.717, 1.165) is 37.0 Å². The molecular formula is C22H22N4O3. The summed E-state index contributed by atoms with van der Waals surface area (Å²) in [6.45, 7) is 3.09. The van der Waals surface area contributed by atoms with Gasteiger partial charge in [0.2, 0.25) is 0 Å². The van der Waals surface area contributed by atoms with Gasteiger partial charge in [-0.3, -0.25) is 9.59 Å². The fourth-order valence-corrected chi connectivity index (χ4v) is 3.35. The Balaban J connectivity index is 1.51. The predicted octanol–water partition coefficient (Wildman–Crippen LogP) is 3.45. The Bertz CT molecular complexity index is 1060. The first-order valence-corrected chi connectivity index (χ1v) is 9.65. The number of para-hydroxylation sites is 2. The van der Waals surface area contributed by atoms with Gasteiger partial charge in [-0.15, -0.1) is 0 Å². The Morgan fingerprint density at radius 3 is 2.48 bits per heavy atom. The zero-order chi connectivity index (χ0) is 20.2. The third-order valence-corrected chi connectivity index (χ3v) is 4.83. The molecule has 0 atom stereocenters. The molecule has 0 radical (unpaired) electrons. The Kier molecular flexibility index (Phi) is 5.37. The molecule has 1 aliphatic heterocycles. The number of ketones is 1. The Morgan fingerprint density at radius 2 is 1.76 bits per heavy atom. The number of anilines is 2. The van der Waals surface area contributed by atoms with Gasteiger partial charge in [0.25, 0.3) is 5.91 Å². The highest BCUT2D eigenvalue weighted by Gasteiger charge is 2.21. The number of aromatic nitrogens is 2. The van der Waals surface area contributed by atoms with Gasteiger partial charge in [-0.05, 0) is 44.0 Å². The minimum absolute atomic E-state index is 0.0541. The zero-order valence-corrected chi connectivity index (χ0v) is 16.2. The van der Waals surface area contributed by atoms with Crippen LogP contribution in [-0.4, -0.2) is 41.4 Å². The molecule has 7 heteroatoms. The summed E-state index contributed by atoms with van der Waals surface area (Å²) in [7, 11) is 0. The van der Waals surface area contributed by atoms with Crippen molar-refractivity contribution in [2.45, 2.75) is 19.8 Å². The molecule has 7 nitrogen and oxygen atoms in total. The normalized spacial score (nSPS) is 13.5. The summed E-state index contributed by atoms with van der Waals surface area (Å²) < 4.78 is 5.56. The Morgan fingerprint density at radius 1 is 1.03 bits per heavy atom. The number of nitrogens with zero attached hydrogens (tertiary/aromatic N) is 3. The van der Waals surface area contributed by atoms with Crippen LogP contribution < -0.4 is 15.0 Å². The number of hydrogen-bond acceptors (Lipinski definition) is 6. The zero-order valence-electron chi connectivity index (χ0n) is 16.2. The molecule has 29 heavy (non-hydrogen) atoms. The summed E-state index contributed by atoms with van der Waals surface area (Å²) in [5.74, 6) is 1.21. The first kappa shape index (κ1) is 18.9. The van der Waals surface area contributed by atoms with Crippen LogP contribution >= 0.6 is 0 Å². The van der Waals surface area contributed by atoms with Crippen molar-refractivity contribution in [3.8, 4) is 5.75 Å². The summed E-state index contributed by atoms with van der Waals surface area (Å²) in [5, 5.41) is 2.84. The number of carbonyl (C=O) groups is 2. The van der Waals surface area contributed by atoms with Gasteiger partial charge in [-0.2, -0.15) is 0 Å². The molecule has 1 saturated heterocycles. The van der Waals surface area contributed by atoms with Crippen LogP contribution in [0, 0.1) is 0 Å². The molecule has 0 unspecified atom stereocenters. The van der Waals surface area contributed by atoms with Crippen LogP contribution in [-0.2, 0) is 4.79 Å². The number of nitrogens with one attached hydrogen (secondary N) is 1. The van der Waals surface area contributed by atoms with E-state index in [4.69, 9.17) is 9.72 Å². The lowest BCUT2D eigenvalue weighted by Crippen LogP contribution is -2.25. The van der Waals surface area contributed by atoms with Gasteiger partial charge in [0.1, 0.15) is 5.75 Å². The summed E-state index contributed by atoms with van der Waals surface area (Å²) in [5.41, 5.74) is 2.06. The van der Waals surface area contributed by atoms with Crippen molar-refractivity contribution in [2.24, 2.45) is 0 Å².